The second-order valence-corrected chi connectivity index (χ2v) is 5.81. The van der Waals surface area contributed by atoms with Gasteiger partial charge in [-0.2, -0.15) is 10.2 Å². The fraction of sp³-hybridized carbons (Fsp3) is 0.400. The van der Waals surface area contributed by atoms with E-state index in [0.717, 1.165) is 5.56 Å². The molecule has 2 rings (SSSR count). The zero-order chi connectivity index (χ0) is 13.9. The van der Waals surface area contributed by atoms with E-state index in [1.54, 1.807) is 10.9 Å². The highest BCUT2D eigenvalue weighted by Gasteiger charge is 2.19. The number of sulfonamides is 1. The van der Waals surface area contributed by atoms with E-state index in [0.29, 0.717) is 12.1 Å². The van der Waals surface area contributed by atoms with Gasteiger partial charge in [0.15, 0.2) is 5.03 Å². The third-order valence-electron chi connectivity index (χ3n) is 2.56. The number of H-pyrrole nitrogens is 1. The van der Waals surface area contributed by atoms with Crippen LogP contribution >= 0.6 is 0 Å². The van der Waals surface area contributed by atoms with Crippen LogP contribution in [0.2, 0.25) is 0 Å². The monoisotopic (exact) mass is 284 g/mol. The fourth-order valence-corrected chi connectivity index (χ4v) is 2.79. The zero-order valence-corrected chi connectivity index (χ0v) is 11.3. The smallest absolute Gasteiger partial charge is 0.257 e. The highest BCUT2D eigenvalue weighted by Crippen LogP contribution is 2.10. The van der Waals surface area contributed by atoms with Crippen LogP contribution < -0.4 is 10.5 Å². The van der Waals surface area contributed by atoms with Crippen LogP contribution in [0, 0.1) is 6.92 Å². The van der Waals surface area contributed by atoms with Crippen LogP contribution in [-0.2, 0) is 23.1 Å². The summed E-state index contributed by atoms with van der Waals surface area (Å²) in [5, 5.41) is 10.2. The lowest BCUT2D eigenvalue weighted by atomic mass is 10.4. The standard InChI is InChI=1S/C10H16N6O2S/c1-8-5-13-16(7-8)3-2-14-19(17,18)10-9(4-11)6-12-15-10/h5-7,14H,2-4,11H2,1H3,(H,12,15). The minimum absolute atomic E-state index is 0.0200. The Labute approximate surface area is 111 Å². The van der Waals surface area contributed by atoms with E-state index in [4.69, 9.17) is 5.73 Å². The van der Waals surface area contributed by atoms with E-state index in [9.17, 15) is 8.42 Å². The molecule has 2 heterocycles. The molecular weight excluding hydrogens is 268 g/mol. The van der Waals surface area contributed by atoms with Crippen molar-refractivity contribution in [2.45, 2.75) is 25.0 Å². The lowest BCUT2D eigenvalue weighted by Crippen LogP contribution is -2.28. The van der Waals surface area contributed by atoms with Crippen molar-refractivity contribution in [1.82, 2.24) is 24.7 Å². The quantitative estimate of drug-likeness (QED) is 0.651. The van der Waals surface area contributed by atoms with E-state index >= 15 is 0 Å². The highest BCUT2D eigenvalue weighted by molar-refractivity contribution is 7.89. The molecule has 2 aromatic rings. The molecule has 19 heavy (non-hydrogen) atoms. The van der Waals surface area contributed by atoms with Gasteiger partial charge in [-0.05, 0) is 12.5 Å². The molecule has 0 saturated carbocycles. The molecule has 0 fully saturated rings. The largest absolute Gasteiger partial charge is 0.326 e. The first-order valence-corrected chi connectivity index (χ1v) is 7.22. The number of hydrogen-bond donors (Lipinski definition) is 3. The van der Waals surface area contributed by atoms with E-state index in [1.807, 2.05) is 13.1 Å². The van der Waals surface area contributed by atoms with Gasteiger partial charge in [0.1, 0.15) is 0 Å². The number of aromatic amines is 1. The molecule has 104 valence electrons. The van der Waals surface area contributed by atoms with Gasteiger partial charge >= 0.3 is 0 Å². The first-order chi connectivity index (χ1) is 9.03. The molecule has 9 heteroatoms. The number of aryl methyl sites for hydroxylation is 1. The Bertz CT molecular complexity index is 645. The van der Waals surface area contributed by atoms with Gasteiger partial charge in [-0.3, -0.25) is 9.78 Å². The molecule has 2 aromatic heterocycles. The number of nitrogens with two attached hydrogens (primary N) is 1. The molecule has 0 spiro atoms. The summed E-state index contributed by atoms with van der Waals surface area (Å²) in [7, 11) is -3.61. The summed E-state index contributed by atoms with van der Waals surface area (Å²) in [6.07, 6.45) is 4.97. The van der Waals surface area contributed by atoms with Crippen molar-refractivity contribution in [2.24, 2.45) is 5.73 Å². The second kappa shape index (κ2) is 5.51. The van der Waals surface area contributed by atoms with Crippen molar-refractivity contribution in [1.29, 1.82) is 0 Å². The number of nitrogens with one attached hydrogen (secondary N) is 2. The van der Waals surface area contributed by atoms with Crippen molar-refractivity contribution >= 4 is 10.0 Å². The SMILES string of the molecule is Cc1cnn(CCNS(=O)(=O)c2[nH]ncc2CN)c1. The average molecular weight is 284 g/mol. The lowest BCUT2D eigenvalue weighted by molar-refractivity contribution is 0.556. The number of hydrogen-bond acceptors (Lipinski definition) is 5. The summed E-state index contributed by atoms with van der Waals surface area (Å²) in [4.78, 5) is 0. The van der Waals surface area contributed by atoms with Crippen LogP contribution in [0.3, 0.4) is 0 Å². The Morgan fingerprint density at radius 3 is 2.89 bits per heavy atom. The predicted molar refractivity (Wildman–Crippen MR) is 68.6 cm³/mol. The molecule has 0 amide bonds. The first kappa shape index (κ1) is 13.7. The van der Waals surface area contributed by atoms with E-state index in [1.165, 1.54) is 6.20 Å². The molecular formula is C10H16N6O2S. The number of rotatable bonds is 6. The third-order valence-corrected chi connectivity index (χ3v) is 4.04. The van der Waals surface area contributed by atoms with Crippen molar-refractivity contribution in [3.8, 4) is 0 Å². The molecule has 4 N–H and O–H groups in total. The van der Waals surface area contributed by atoms with Crippen molar-refractivity contribution in [3.05, 3.63) is 29.7 Å². The third kappa shape index (κ3) is 3.19. The molecule has 0 bridgehead atoms. The maximum Gasteiger partial charge on any atom is 0.257 e. The maximum atomic E-state index is 12.0. The summed E-state index contributed by atoms with van der Waals surface area (Å²) in [6.45, 7) is 2.74. The van der Waals surface area contributed by atoms with Crippen molar-refractivity contribution < 1.29 is 8.42 Å². The number of aromatic nitrogens is 4. The van der Waals surface area contributed by atoms with Gasteiger partial charge in [0.2, 0.25) is 0 Å². The molecule has 0 aliphatic rings. The Hall–Kier alpha value is -1.71. The van der Waals surface area contributed by atoms with E-state index < -0.39 is 10.0 Å². The molecule has 0 radical (unpaired) electrons. The first-order valence-electron chi connectivity index (χ1n) is 5.74. The topological polar surface area (TPSA) is 119 Å². The highest BCUT2D eigenvalue weighted by atomic mass is 32.2. The van der Waals surface area contributed by atoms with Gasteiger partial charge in [-0.15, -0.1) is 0 Å². The predicted octanol–water partition coefficient (Wildman–Crippen LogP) is -0.648. The summed E-state index contributed by atoms with van der Waals surface area (Å²) in [6, 6.07) is 0. The van der Waals surface area contributed by atoms with Crippen molar-refractivity contribution in [3.63, 3.8) is 0 Å². The molecule has 0 unspecified atom stereocenters. The fourth-order valence-electron chi connectivity index (χ4n) is 1.63. The van der Waals surface area contributed by atoms with Crippen LogP contribution in [0.5, 0.6) is 0 Å². The van der Waals surface area contributed by atoms with Crippen LogP contribution in [0.1, 0.15) is 11.1 Å². The van der Waals surface area contributed by atoms with Gasteiger partial charge in [0.05, 0.1) is 18.9 Å². The normalized spacial score (nSPS) is 11.9. The molecule has 0 saturated heterocycles. The van der Waals surface area contributed by atoms with Crippen LogP contribution in [0.15, 0.2) is 23.6 Å². The van der Waals surface area contributed by atoms with Gasteiger partial charge < -0.3 is 5.73 Å². The zero-order valence-electron chi connectivity index (χ0n) is 10.5. The van der Waals surface area contributed by atoms with Crippen LogP contribution in [0.4, 0.5) is 0 Å². The summed E-state index contributed by atoms with van der Waals surface area (Å²) in [5.41, 5.74) is 6.94. The van der Waals surface area contributed by atoms with Crippen LogP contribution in [0.25, 0.3) is 0 Å². The summed E-state index contributed by atoms with van der Waals surface area (Å²) >= 11 is 0. The van der Waals surface area contributed by atoms with Gasteiger partial charge in [-0.1, -0.05) is 0 Å². The maximum absolute atomic E-state index is 12.0. The molecule has 0 aliphatic carbocycles. The summed E-state index contributed by atoms with van der Waals surface area (Å²) in [5.74, 6) is 0. The minimum atomic E-state index is -3.61. The van der Waals surface area contributed by atoms with E-state index in [-0.39, 0.29) is 18.1 Å². The second-order valence-electron chi connectivity index (χ2n) is 4.11. The Morgan fingerprint density at radius 1 is 1.47 bits per heavy atom. The van der Waals surface area contributed by atoms with E-state index in [2.05, 4.69) is 20.0 Å². The Morgan fingerprint density at radius 2 is 2.26 bits per heavy atom. The minimum Gasteiger partial charge on any atom is -0.326 e. The van der Waals surface area contributed by atoms with Crippen molar-refractivity contribution in [2.75, 3.05) is 6.54 Å². The lowest BCUT2D eigenvalue weighted by Gasteiger charge is -2.06. The molecule has 0 aromatic carbocycles. The Kier molecular flexibility index (Phi) is 3.98. The molecule has 0 aliphatic heterocycles. The van der Waals surface area contributed by atoms with Gasteiger partial charge in [-0.25, -0.2) is 13.1 Å². The average Bonchev–Trinajstić information content (AvgIpc) is 2.97. The number of nitrogens with zero attached hydrogens (tertiary/aromatic N) is 3. The van der Waals surface area contributed by atoms with Crippen LogP contribution in [-0.4, -0.2) is 34.9 Å². The molecule has 8 nitrogen and oxygen atoms in total. The Balaban J connectivity index is 1.98. The van der Waals surface area contributed by atoms with Gasteiger partial charge in [0.25, 0.3) is 10.0 Å². The summed E-state index contributed by atoms with van der Waals surface area (Å²) < 4.78 is 28.2. The molecule has 0 atom stereocenters. The van der Waals surface area contributed by atoms with Gasteiger partial charge in [0, 0.05) is 24.8 Å².